The van der Waals surface area contributed by atoms with E-state index in [1.165, 1.54) is 23.5 Å². The lowest BCUT2D eigenvalue weighted by Crippen LogP contribution is -2.26. The van der Waals surface area contributed by atoms with E-state index in [1.54, 1.807) is 6.07 Å². The molecule has 1 atom stereocenters. The average molecular weight is 466 g/mol. The first-order valence-electron chi connectivity index (χ1n) is 9.12. The van der Waals surface area contributed by atoms with Gasteiger partial charge in [0.25, 0.3) is 5.56 Å². The third-order valence-corrected chi connectivity index (χ3v) is 6.51. The minimum absolute atomic E-state index is 0. The first-order chi connectivity index (χ1) is 13.5. The van der Waals surface area contributed by atoms with Gasteiger partial charge in [0.05, 0.1) is 0 Å². The van der Waals surface area contributed by atoms with Gasteiger partial charge in [0.1, 0.15) is 4.70 Å². The average Bonchev–Trinajstić information content (AvgIpc) is 3.31. The molecular formula is C21H21Cl2N3O3S. The standard InChI is InChI=1S/C21H19N3O3S.2ClH/c22-12-5-6-24(10-12)13-2-3-16-14(8-13)15-9-19(28-20(15)21(27)23-16)11-1-4-17(25)18(26)7-11;;/h1-4,7-9,12,25-26H,5-6,10,22H2,(H,23,27);2*1H. The number of fused-ring (bicyclic) bond motifs is 3. The van der Waals surface area contributed by atoms with Crippen molar-refractivity contribution in [1.29, 1.82) is 0 Å². The molecule has 1 unspecified atom stereocenters. The van der Waals surface area contributed by atoms with Crippen LogP contribution in [0.4, 0.5) is 5.69 Å². The Hall–Kier alpha value is -2.45. The molecule has 30 heavy (non-hydrogen) atoms. The normalized spacial score (nSPS) is 15.9. The molecule has 158 valence electrons. The van der Waals surface area contributed by atoms with Gasteiger partial charge in [-0.15, -0.1) is 36.2 Å². The molecule has 4 aromatic rings. The van der Waals surface area contributed by atoms with Crippen LogP contribution in [0.3, 0.4) is 0 Å². The van der Waals surface area contributed by atoms with Crippen LogP contribution in [-0.4, -0.2) is 34.3 Å². The van der Waals surface area contributed by atoms with Crippen LogP contribution >= 0.6 is 36.2 Å². The zero-order valence-corrected chi connectivity index (χ0v) is 18.2. The number of aromatic hydroxyl groups is 2. The topological polar surface area (TPSA) is 103 Å². The zero-order chi connectivity index (χ0) is 19.4. The lowest BCUT2D eigenvalue weighted by Gasteiger charge is -2.18. The largest absolute Gasteiger partial charge is 0.504 e. The first kappa shape index (κ1) is 22.2. The van der Waals surface area contributed by atoms with Crippen LogP contribution < -0.4 is 16.2 Å². The number of nitrogens with zero attached hydrogens (tertiary/aromatic N) is 1. The van der Waals surface area contributed by atoms with Crippen LogP contribution in [0.25, 0.3) is 31.4 Å². The van der Waals surface area contributed by atoms with Gasteiger partial charge in [0.2, 0.25) is 0 Å². The van der Waals surface area contributed by atoms with Crippen molar-refractivity contribution in [3.63, 3.8) is 0 Å². The highest BCUT2D eigenvalue weighted by molar-refractivity contribution is 7.22. The fraction of sp³-hybridized carbons (Fsp3) is 0.190. The number of H-pyrrole nitrogens is 1. The molecule has 0 aliphatic carbocycles. The Kier molecular flexibility index (Phi) is 6.19. The van der Waals surface area contributed by atoms with Crippen molar-refractivity contribution in [1.82, 2.24) is 4.98 Å². The van der Waals surface area contributed by atoms with Crippen molar-refractivity contribution in [3.8, 4) is 21.9 Å². The summed E-state index contributed by atoms with van der Waals surface area (Å²) in [4.78, 5) is 18.7. The van der Waals surface area contributed by atoms with E-state index < -0.39 is 0 Å². The Morgan fingerprint density at radius 1 is 1.03 bits per heavy atom. The van der Waals surface area contributed by atoms with Gasteiger partial charge in [-0.3, -0.25) is 4.79 Å². The lowest BCUT2D eigenvalue weighted by molar-refractivity contribution is 0.404. The number of nitrogens with two attached hydrogens (primary N) is 1. The highest BCUT2D eigenvalue weighted by Crippen LogP contribution is 2.38. The number of anilines is 1. The Labute approximate surface area is 188 Å². The predicted molar refractivity (Wildman–Crippen MR) is 128 cm³/mol. The number of pyridine rings is 1. The molecule has 5 N–H and O–H groups in total. The van der Waals surface area contributed by atoms with Gasteiger partial charge in [-0.2, -0.15) is 0 Å². The fourth-order valence-corrected chi connectivity index (χ4v) is 4.90. The van der Waals surface area contributed by atoms with Gasteiger partial charge in [-0.25, -0.2) is 0 Å². The molecule has 0 radical (unpaired) electrons. The molecule has 2 aromatic carbocycles. The summed E-state index contributed by atoms with van der Waals surface area (Å²) in [6, 6.07) is 12.9. The van der Waals surface area contributed by atoms with Gasteiger partial charge in [-0.05, 0) is 54.4 Å². The molecule has 0 saturated carbocycles. The maximum atomic E-state index is 12.6. The summed E-state index contributed by atoms with van der Waals surface area (Å²) in [5.41, 5.74) is 8.57. The molecular weight excluding hydrogens is 445 g/mol. The number of nitrogens with one attached hydrogen (secondary N) is 1. The van der Waals surface area contributed by atoms with Crippen LogP contribution in [-0.2, 0) is 0 Å². The molecule has 1 aliphatic rings. The van der Waals surface area contributed by atoms with Crippen molar-refractivity contribution >= 4 is 62.8 Å². The Balaban J connectivity index is 0.00000128. The molecule has 9 heteroatoms. The van der Waals surface area contributed by atoms with Crippen molar-refractivity contribution in [2.45, 2.75) is 12.5 Å². The number of rotatable bonds is 2. The first-order valence-corrected chi connectivity index (χ1v) is 9.94. The van der Waals surface area contributed by atoms with Gasteiger partial charge < -0.3 is 25.8 Å². The van der Waals surface area contributed by atoms with Crippen LogP contribution in [0.1, 0.15) is 6.42 Å². The van der Waals surface area contributed by atoms with E-state index in [0.717, 1.165) is 51.9 Å². The molecule has 1 aliphatic heterocycles. The summed E-state index contributed by atoms with van der Waals surface area (Å²) >= 11 is 1.37. The minimum atomic E-state index is -0.179. The molecule has 5 rings (SSSR count). The number of halogens is 2. The van der Waals surface area contributed by atoms with Crippen molar-refractivity contribution in [3.05, 3.63) is 52.8 Å². The third-order valence-electron chi connectivity index (χ3n) is 5.33. The third kappa shape index (κ3) is 3.70. The maximum Gasteiger partial charge on any atom is 0.266 e. The summed E-state index contributed by atoms with van der Waals surface area (Å²) in [5.74, 6) is -0.344. The molecule has 0 bridgehead atoms. The van der Waals surface area contributed by atoms with Crippen LogP contribution in [0.5, 0.6) is 11.5 Å². The van der Waals surface area contributed by atoms with Crippen LogP contribution in [0.15, 0.2) is 47.3 Å². The maximum absolute atomic E-state index is 12.6. The molecule has 0 spiro atoms. The summed E-state index contributed by atoms with van der Waals surface area (Å²) < 4.78 is 0.644. The molecule has 0 amide bonds. The Morgan fingerprint density at radius 3 is 2.53 bits per heavy atom. The summed E-state index contributed by atoms with van der Waals surface area (Å²) in [5, 5.41) is 21.2. The molecule has 1 fully saturated rings. The number of phenols is 2. The summed E-state index contributed by atoms with van der Waals surface area (Å²) in [6.45, 7) is 1.76. The van der Waals surface area contributed by atoms with Gasteiger partial charge >= 0.3 is 0 Å². The van der Waals surface area contributed by atoms with Crippen molar-refractivity contribution in [2.24, 2.45) is 5.73 Å². The Bertz CT molecular complexity index is 1290. The quantitative estimate of drug-likeness (QED) is 0.332. The second-order valence-electron chi connectivity index (χ2n) is 7.24. The van der Waals surface area contributed by atoms with Gasteiger partial charge in [0, 0.05) is 46.0 Å². The number of phenolic OH excluding ortho intramolecular Hbond substituents is 2. The zero-order valence-electron chi connectivity index (χ0n) is 15.8. The molecule has 2 aromatic heterocycles. The molecule has 3 heterocycles. The monoisotopic (exact) mass is 465 g/mol. The number of benzene rings is 2. The second kappa shape index (κ2) is 8.35. The van der Waals surface area contributed by atoms with E-state index in [4.69, 9.17) is 5.73 Å². The second-order valence-corrected chi connectivity index (χ2v) is 8.29. The van der Waals surface area contributed by atoms with Gasteiger partial charge in [-0.1, -0.05) is 0 Å². The van der Waals surface area contributed by atoms with Crippen molar-refractivity contribution in [2.75, 3.05) is 18.0 Å². The number of thiophene rings is 1. The van der Waals surface area contributed by atoms with Gasteiger partial charge in [0.15, 0.2) is 11.5 Å². The van der Waals surface area contributed by atoms with E-state index in [2.05, 4.69) is 16.0 Å². The predicted octanol–water partition coefficient (Wildman–Crippen LogP) is 4.20. The number of hydrogen-bond acceptors (Lipinski definition) is 6. The van der Waals surface area contributed by atoms with E-state index in [9.17, 15) is 15.0 Å². The number of hydrogen-bond donors (Lipinski definition) is 4. The highest BCUT2D eigenvalue weighted by atomic mass is 35.5. The SMILES string of the molecule is Cl.Cl.NC1CCN(c2ccc3[nH]c(=O)c4sc(-c5ccc(O)c(O)c5)cc4c3c2)C1. The molecule has 1 saturated heterocycles. The number of aromatic nitrogens is 1. The van der Waals surface area contributed by atoms with Crippen LogP contribution in [0.2, 0.25) is 0 Å². The summed E-state index contributed by atoms with van der Waals surface area (Å²) in [6.07, 6.45) is 0.978. The van der Waals surface area contributed by atoms with Crippen molar-refractivity contribution < 1.29 is 10.2 Å². The van der Waals surface area contributed by atoms with E-state index in [0.29, 0.717) is 4.70 Å². The summed E-state index contributed by atoms with van der Waals surface area (Å²) in [7, 11) is 0. The smallest absolute Gasteiger partial charge is 0.266 e. The van der Waals surface area contributed by atoms with E-state index in [-0.39, 0.29) is 47.9 Å². The van der Waals surface area contributed by atoms with E-state index >= 15 is 0 Å². The fourth-order valence-electron chi connectivity index (χ4n) is 3.84. The Morgan fingerprint density at radius 2 is 1.83 bits per heavy atom. The van der Waals surface area contributed by atoms with E-state index in [1.807, 2.05) is 18.2 Å². The number of aromatic amines is 1. The van der Waals surface area contributed by atoms with Crippen LogP contribution in [0, 0.1) is 0 Å². The molecule has 6 nitrogen and oxygen atoms in total. The minimum Gasteiger partial charge on any atom is -0.504 e. The lowest BCUT2D eigenvalue weighted by atomic mass is 10.1. The highest BCUT2D eigenvalue weighted by Gasteiger charge is 2.20.